The van der Waals surface area contributed by atoms with Crippen molar-refractivity contribution in [2.45, 2.75) is 43.6 Å². The lowest BCUT2D eigenvalue weighted by Gasteiger charge is -2.43. The Bertz CT molecular complexity index is 1240. The fraction of sp³-hybridized carbons (Fsp3) is 0.433. The number of phenolic OH excluding ortho intramolecular Hbond substituents is 1. The maximum Gasteiger partial charge on any atom is 0.231 e. The summed E-state index contributed by atoms with van der Waals surface area (Å²) in [7, 11) is 0. The van der Waals surface area contributed by atoms with E-state index in [1.807, 2.05) is 36.4 Å². The number of nitrogens with one attached hydrogen (secondary N) is 2. The number of fused-ring (bicyclic) bond motifs is 1. The van der Waals surface area contributed by atoms with Gasteiger partial charge in [0.25, 0.3) is 0 Å². The number of hydrogen-bond acceptors (Lipinski definition) is 6. The van der Waals surface area contributed by atoms with Gasteiger partial charge in [-0.15, -0.1) is 0 Å². The molecule has 3 aliphatic rings. The van der Waals surface area contributed by atoms with Crippen LogP contribution in [0.1, 0.15) is 37.7 Å². The first-order valence-electron chi connectivity index (χ1n) is 13.6. The Morgan fingerprint density at radius 2 is 1.76 bits per heavy atom. The molecule has 7 heteroatoms. The summed E-state index contributed by atoms with van der Waals surface area (Å²) >= 11 is 0. The predicted molar refractivity (Wildman–Crippen MR) is 144 cm³/mol. The number of para-hydroxylation sites is 1. The summed E-state index contributed by atoms with van der Waals surface area (Å²) in [6.07, 6.45) is 6.59. The van der Waals surface area contributed by atoms with Crippen molar-refractivity contribution in [3.05, 3.63) is 72.4 Å². The van der Waals surface area contributed by atoms with Gasteiger partial charge in [-0.3, -0.25) is 4.79 Å². The molecule has 1 aliphatic carbocycles. The first-order valence-corrected chi connectivity index (χ1v) is 13.6. The summed E-state index contributed by atoms with van der Waals surface area (Å²) in [5.41, 5.74) is 2.83. The van der Waals surface area contributed by atoms with E-state index in [1.54, 1.807) is 18.3 Å². The fourth-order valence-electron chi connectivity index (χ4n) is 6.66. The summed E-state index contributed by atoms with van der Waals surface area (Å²) in [5, 5.41) is 25.8. The van der Waals surface area contributed by atoms with Crippen molar-refractivity contribution in [2.24, 2.45) is 11.8 Å². The second kappa shape index (κ2) is 10.1. The summed E-state index contributed by atoms with van der Waals surface area (Å²) in [6, 6.07) is 19.7. The van der Waals surface area contributed by atoms with Crippen molar-refractivity contribution in [2.75, 3.05) is 31.1 Å². The minimum absolute atomic E-state index is 0.176. The average Bonchev–Trinajstić information content (AvgIpc) is 3.42. The number of piperidine rings is 1. The molecular weight excluding hydrogens is 462 g/mol. The third-order valence-electron chi connectivity index (χ3n) is 8.85. The smallest absolute Gasteiger partial charge is 0.231 e. The zero-order valence-electron chi connectivity index (χ0n) is 21.1. The second-order valence-electron chi connectivity index (χ2n) is 10.9. The molecule has 3 N–H and O–H groups in total. The topological polar surface area (TPSA) is 90.4 Å². The maximum absolute atomic E-state index is 14.0. The zero-order valence-corrected chi connectivity index (χ0v) is 21.1. The van der Waals surface area contributed by atoms with Crippen LogP contribution in [-0.4, -0.2) is 53.4 Å². The van der Waals surface area contributed by atoms with Gasteiger partial charge in [-0.2, -0.15) is 10.2 Å². The van der Waals surface area contributed by atoms with Crippen molar-refractivity contribution in [3.63, 3.8) is 0 Å². The van der Waals surface area contributed by atoms with Gasteiger partial charge < -0.3 is 20.6 Å². The van der Waals surface area contributed by atoms with Crippen LogP contribution in [0.2, 0.25) is 0 Å². The molecule has 0 radical (unpaired) electrons. The molecule has 1 aromatic heterocycles. The number of aromatic hydroxyl groups is 1. The van der Waals surface area contributed by atoms with Crippen LogP contribution in [0.4, 0.5) is 5.69 Å². The molecule has 1 amide bonds. The standard InChI is InChI=1S/C30H35N5O2/c36-28-9-5-4-8-26(28)27-17-25(20-32-34-27)35-14-12-30(13-15-35,23-6-2-1-3-7-23)29(37)33-24-11-10-21-18-31-19-22(21)16-24/h1-9,17,20-22,24,31,36H,10-16,18-19H2,(H,33,37)/t21-,22+,24?/m0/s1. The highest BCUT2D eigenvalue weighted by Gasteiger charge is 2.44. The van der Waals surface area contributed by atoms with Crippen molar-refractivity contribution in [1.82, 2.24) is 20.8 Å². The molecule has 7 nitrogen and oxygen atoms in total. The molecule has 6 rings (SSSR count). The zero-order chi connectivity index (χ0) is 25.2. The lowest BCUT2D eigenvalue weighted by atomic mass is 9.71. The number of nitrogens with zero attached hydrogens (tertiary/aromatic N) is 3. The molecule has 2 saturated heterocycles. The maximum atomic E-state index is 14.0. The van der Waals surface area contributed by atoms with Crippen molar-refractivity contribution >= 4 is 11.6 Å². The number of anilines is 1. The van der Waals surface area contributed by atoms with Gasteiger partial charge in [0.1, 0.15) is 5.75 Å². The Balaban J connectivity index is 1.20. The monoisotopic (exact) mass is 497 g/mol. The molecule has 37 heavy (non-hydrogen) atoms. The predicted octanol–water partition coefficient (Wildman–Crippen LogP) is 3.89. The molecule has 1 saturated carbocycles. The Labute approximate surface area is 218 Å². The first kappa shape index (κ1) is 23.9. The fourth-order valence-corrected chi connectivity index (χ4v) is 6.66. The van der Waals surface area contributed by atoms with Crippen LogP contribution in [0.3, 0.4) is 0 Å². The molecule has 2 aliphatic heterocycles. The highest BCUT2D eigenvalue weighted by Crippen LogP contribution is 2.39. The summed E-state index contributed by atoms with van der Waals surface area (Å²) in [4.78, 5) is 16.3. The van der Waals surface area contributed by atoms with Gasteiger partial charge in [0.15, 0.2) is 0 Å². The van der Waals surface area contributed by atoms with Crippen molar-refractivity contribution < 1.29 is 9.90 Å². The van der Waals surface area contributed by atoms with Crippen LogP contribution in [0.5, 0.6) is 5.75 Å². The quantitative estimate of drug-likeness (QED) is 0.496. The number of rotatable bonds is 5. The SMILES string of the molecule is O=C(NC1CC[C@H]2CNC[C@H]2C1)C1(c2ccccc2)CCN(c2cnnc(-c3ccccc3O)c2)CC1. The lowest BCUT2D eigenvalue weighted by molar-refractivity contribution is -0.128. The van der Waals surface area contributed by atoms with Gasteiger partial charge in [0, 0.05) is 24.7 Å². The van der Waals surface area contributed by atoms with Gasteiger partial charge in [-0.25, -0.2) is 0 Å². The van der Waals surface area contributed by atoms with Gasteiger partial charge >= 0.3 is 0 Å². The number of aromatic nitrogens is 2. The van der Waals surface area contributed by atoms with Crippen molar-refractivity contribution in [1.29, 1.82) is 0 Å². The summed E-state index contributed by atoms with van der Waals surface area (Å²) in [6.45, 7) is 3.70. The van der Waals surface area contributed by atoms with Crippen LogP contribution in [-0.2, 0) is 10.2 Å². The van der Waals surface area contributed by atoms with E-state index in [-0.39, 0.29) is 17.7 Å². The molecule has 192 valence electrons. The lowest BCUT2D eigenvalue weighted by Crippen LogP contribution is -2.54. The number of hydrogen-bond donors (Lipinski definition) is 3. The number of amides is 1. The highest BCUT2D eigenvalue weighted by atomic mass is 16.3. The van der Waals surface area contributed by atoms with Gasteiger partial charge in [0.2, 0.25) is 5.91 Å². The van der Waals surface area contributed by atoms with Gasteiger partial charge in [-0.1, -0.05) is 42.5 Å². The van der Waals surface area contributed by atoms with Crippen LogP contribution < -0.4 is 15.5 Å². The molecule has 3 fully saturated rings. The normalized spacial score (nSPS) is 24.9. The van der Waals surface area contributed by atoms with E-state index in [1.165, 1.54) is 6.42 Å². The van der Waals surface area contributed by atoms with Gasteiger partial charge in [-0.05, 0) is 80.8 Å². The van der Waals surface area contributed by atoms with Crippen molar-refractivity contribution in [3.8, 4) is 17.0 Å². The van der Waals surface area contributed by atoms with E-state index in [4.69, 9.17) is 0 Å². The Morgan fingerprint density at radius 3 is 2.57 bits per heavy atom. The average molecular weight is 498 g/mol. The van der Waals surface area contributed by atoms with E-state index in [2.05, 4.69) is 37.9 Å². The van der Waals surface area contributed by atoms with E-state index < -0.39 is 5.41 Å². The Morgan fingerprint density at radius 1 is 1.00 bits per heavy atom. The molecule has 2 aromatic carbocycles. The largest absolute Gasteiger partial charge is 0.507 e. The van der Waals surface area contributed by atoms with E-state index in [9.17, 15) is 9.90 Å². The van der Waals surface area contributed by atoms with E-state index in [0.29, 0.717) is 17.2 Å². The molecule has 0 spiro atoms. The summed E-state index contributed by atoms with van der Waals surface area (Å²) in [5.74, 6) is 1.83. The number of carbonyl (C=O) groups is 1. The van der Waals surface area contributed by atoms with Crippen LogP contribution >= 0.6 is 0 Å². The number of phenols is 1. The number of carbonyl (C=O) groups excluding carboxylic acids is 1. The highest BCUT2D eigenvalue weighted by molar-refractivity contribution is 5.89. The van der Waals surface area contributed by atoms with E-state index >= 15 is 0 Å². The van der Waals surface area contributed by atoms with Gasteiger partial charge in [0.05, 0.1) is 23.0 Å². The van der Waals surface area contributed by atoms with Crippen LogP contribution in [0.15, 0.2) is 66.9 Å². The van der Waals surface area contributed by atoms with E-state index in [0.717, 1.165) is 69.0 Å². The minimum atomic E-state index is -0.538. The molecule has 3 heterocycles. The third kappa shape index (κ3) is 4.68. The number of benzene rings is 2. The molecule has 1 unspecified atom stereocenters. The Kier molecular flexibility index (Phi) is 6.55. The minimum Gasteiger partial charge on any atom is -0.507 e. The molecule has 3 atom stereocenters. The third-order valence-corrected chi connectivity index (χ3v) is 8.85. The second-order valence-corrected chi connectivity index (χ2v) is 10.9. The first-order chi connectivity index (χ1) is 18.1. The Hall–Kier alpha value is -3.45. The molecule has 3 aromatic rings. The molecular formula is C30H35N5O2. The molecule has 0 bridgehead atoms. The summed E-state index contributed by atoms with van der Waals surface area (Å²) < 4.78 is 0. The van der Waals surface area contributed by atoms with Crippen LogP contribution in [0, 0.1) is 11.8 Å². The van der Waals surface area contributed by atoms with Crippen LogP contribution in [0.25, 0.3) is 11.3 Å².